The van der Waals surface area contributed by atoms with E-state index in [-0.39, 0.29) is 0 Å². The summed E-state index contributed by atoms with van der Waals surface area (Å²) in [4.78, 5) is 0. The van der Waals surface area contributed by atoms with Crippen molar-refractivity contribution >= 4 is 0 Å². The summed E-state index contributed by atoms with van der Waals surface area (Å²) >= 11 is 0. The number of rotatable bonds is 7. The van der Waals surface area contributed by atoms with Gasteiger partial charge in [-0.2, -0.15) is 0 Å². The molecule has 0 saturated carbocycles. The van der Waals surface area contributed by atoms with Gasteiger partial charge in [0.15, 0.2) is 0 Å². The van der Waals surface area contributed by atoms with Gasteiger partial charge in [-0.15, -0.1) is 0 Å². The van der Waals surface area contributed by atoms with E-state index in [9.17, 15) is 5.11 Å². The number of aliphatic hydroxyl groups excluding tert-OH is 1. The molecule has 108 valence electrons. The van der Waals surface area contributed by atoms with Crippen LogP contribution in [0.5, 0.6) is 0 Å². The molecular formula is C18H25NO. The first-order chi connectivity index (χ1) is 9.77. The Morgan fingerprint density at radius 2 is 1.75 bits per heavy atom. The summed E-state index contributed by atoms with van der Waals surface area (Å²) in [6, 6.07) is 14.2. The van der Waals surface area contributed by atoms with Gasteiger partial charge in [0.25, 0.3) is 0 Å². The predicted molar refractivity (Wildman–Crippen MR) is 83.8 cm³/mol. The first-order valence-corrected chi connectivity index (χ1v) is 7.69. The normalized spacial score (nSPS) is 12.6. The van der Waals surface area contributed by atoms with E-state index in [2.05, 4.69) is 30.5 Å². The van der Waals surface area contributed by atoms with Crippen LogP contribution in [-0.4, -0.2) is 9.67 Å². The zero-order valence-corrected chi connectivity index (χ0v) is 12.5. The van der Waals surface area contributed by atoms with Crippen molar-refractivity contribution in [2.75, 3.05) is 0 Å². The molecule has 0 radical (unpaired) electrons. The van der Waals surface area contributed by atoms with Crippen LogP contribution in [0.25, 0.3) is 0 Å². The number of nitrogens with zero attached hydrogens (tertiary/aromatic N) is 1. The summed E-state index contributed by atoms with van der Waals surface area (Å²) in [7, 11) is 0. The Balaban J connectivity index is 2.30. The quantitative estimate of drug-likeness (QED) is 0.797. The van der Waals surface area contributed by atoms with Crippen molar-refractivity contribution in [3.05, 3.63) is 59.4 Å². The van der Waals surface area contributed by atoms with Crippen molar-refractivity contribution in [3.63, 3.8) is 0 Å². The Hall–Kier alpha value is -1.54. The Morgan fingerprint density at radius 3 is 2.40 bits per heavy atom. The molecule has 0 bridgehead atoms. The van der Waals surface area contributed by atoms with Crippen LogP contribution in [0.15, 0.2) is 42.5 Å². The van der Waals surface area contributed by atoms with E-state index in [4.69, 9.17) is 0 Å². The van der Waals surface area contributed by atoms with E-state index >= 15 is 0 Å². The predicted octanol–water partition coefficient (Wildman–Crippen LogP) is 4.32. The van der Waals surface area contributed by atoms with Crippen LogP contribution < -0.4 is 0 Å². The number of hydrogen-bond acceptors (Lipinski definition) is 1. The lowest BCUT2D eigenvalue weighted by Crippen LogP contribution is -2.11. The monoisotopic (exact) mass is 271 g/mol. The van der Waals surface area contributed by atoms with Crippen LogP contribution >= 0.6 is 0 Å². The summed E-state index contributed by atoms with van der Waals surface area (Å²) in [5.74, 6) is 0. The van der Waals surface area contributed by atoms with Crippen molar-refractivity contribution in [2.24, 2.45) is 0 Å². The molecule has 2 heteroatoms. The topological polar surface area (TPSA) is 25.2 Å². The smallest absolute Gasteiger partial charge is 0.119 e. The molecule has 1 aromatic carbocycles. The lowest BCUT2D eigenvalue weighted by Gasteiger charge is -2.17. The van der Waals surface area contributed by atoms with Gasteiger partial charge in [-0.25, -0.2) is 0 Å². The minimum atomic E-state index is -0.529. The molecule has 0 aliphatic rings. The minimum Gasteiger partial charge on any atom is -0.382 e. The van der Waals surface area contributed by atoms with Gasteiger partial charge in [0.05, 0.1) is 5.69 Å². The number of aryl methyl sites for hydroxylation is 1. The molecule has 1 aromatic heterocycles. The van der Waals surface area contributed by atoms with Crippen molar-refractivity contribution in [3.8, 4) is 0 Å². The van der Waals surface area contributed by atoms with Gasteiger partial charge in [-0.3, -0.25) is 0 Å². The van der Waals surface area contributed by atoms with E-state index in [0.717, 1.165) is 37.1 Å². The van der Waals surface area contributed by atoms with Crippen molar-refractivity contribution < 1.29 is 5.11 Å². The maximum Gasteiger partial charge on any atom is 0.119 e. The summed E-state index contributed by atoms with van der Waals surface area (Å²) in [6.07, 6.45) is 4.01. The SMILES string of the molecule is CCCCn1c(CCC)ccc1C(O)c1ccccc1. The van der Waals surface area contributed by atoms with Crippen molar-refractivity contribution in [1.29, 1.82) is 0 Å². The molecule has 2 rings (SSSR count). The van der Waals surface area contributed by atoms with E-state index in [1.807, 2.05) is 30.3 Å². The van der Waals surface area contributed by atoms with Crippen LogP contribution in [0.3, 0.4) is 0 Å². The lowest BCUT2D eigenvalue weighted by molar-refractivity contribution is 0.209. The van der Waals surface area contributed by atoms with E-state index < -0.39 is 6.10 Å². The van der Waals surface area contributed by atoms with Gasteiger partial charge in [0, 0.05) is 12.2 Å². The van der Waals surface area contributed by atoms with E-state index in [1.165, 1.54) is 12.1 Å². The maximum absolute atomic E-state index is 10.6. The summed E-state index contributed by atoms with van der Waals surface area (Å²) in [6.45, 7) is 5.40. The molecule has 1 unspecified atom stereocenters. The van der Waals surface area contributed by atoms with Crippen LogP contribution in [0.1, 0.15) is 56.2 Å². The van der Waals surface area contributed by atoms with E-state index in [0.29, 0.717) is 0 Å². The second kappa shape index (κ2) is 7.30. The largest absolute Gasteiger partial charge is 0.382 e. The lowest BCUT2D eigenvalue weighted by atomic mass is 10.1. The van der Waals surface area contributed by atoms with Crippen molar-refractivity contribution in [2.45, 2.75) is 52.2 Å². The average molecular weight is 271 g/mol. The Morgan fingerprint density at radius 1 is 1.00 bits per heavy atom. The third-order valence-electron chi connectivity index (χ3n) is 3.74. The van der Waals surface area contributed by atoms with Gasteiger partial charge in [-0.1, -0.05) is 57.0 Å². The molecular weight excluding hydrogens is 246 g/mol. The van der Waals surface area contributed by atoms with Crippen LogP contribution in [-0.2, 0) is 13.0 Å². The Kier molecular flexibility index (Phi) is 5.42. The van der Waals surface area contributed by atoms with Gasteiger partial charge in [0.1, 0.15) is 6.10 Å². The van der Waals surface area contributed by atoms with Crippen molar-refractivity contribution in [1.82, 2.24) is 4.57 Å². The molecule has 0 aliphatic heterocycles. The zero-order valence-electron chi connectivity index (χ0n) is 12.5. The highest BCUT2D eigenvalue weighted by atomic mass is 16.3. The molecule has 0 fully saturated rings. The summed E-state index contributed by atoms with van der Waals surface area (Å²) in [5, 5.41) is 10.6. The average Bonchev–Trinajstić information content (AvgIpc) is 2.88. The van der Waals surface area contributed by atoms with Gasteiger partial charge < -0.3 is 9.67 Å². The van der Waals surface area contributed by atoms with Gasteiger partial charge in [-0.05, 0) is 30.5 Å². The summed E-state index contributed by atoms with van der Waals surface area (Å²) in [5.41, 5.74) is 3.32. The van der Waals surface area contributed by atoms with Crippen LogP contribution in [0.2, 0.25) is 0 Å². The minimum absolute atomic E-state index is 0.529. The fraction of sp³-hybridized carbons (Fsp3) is 0.444. The second-order valence-corrected chi connectivity index (χ2v) is 5.32. The van der Waals surface area contributed by atoms with Crippen LogP contribution in [0.4, 0.5) is 0 Å². The van der Waals surface area contributed by atoms with Gasteiger partial charge >= 0.3 is 0 Å². The fourth-order valence-corrected chi connectivity index (χ4v) is 2.64. The first-order valence-electron chi connectivity index (χ1n) is 7.69. The number of benzene rings is 1. The molecule has 0 saturated heterocycles. The second-order valence-electron chi connectivity index (χ2n) is 5.32. The number of aliphatic hydroxyl groups is 1. The third-order valence-corrected chi connectivity index (χ3v) is 3.74. The van der Waals surface area contributed by atoms with Crippen LogP contribution in [0, 0.1) is 0 Å². The number of unbranched alkanes of at least 4 members (excludes halogenated alkanes) is 1. The number of aromatic nitrogens is 1. The number of hydrogen-bond donors (Lipinski definition) is 1. The molecule has 1 atom stereocenters. The molecule has 20 heavy (non-hydrogen) atoms. The standard InChI is InChI=1S/C18H25NO/c1-3-5-14-19-16(9-4-2)12-13-17(19)18(20)15-10-7-6-8-11-15/h6-8,10-13,18,20H,3-5,9,14H2,1-2H3. The molecule has 0 amide bonds. The summed E-state index contributed by atoms with van der Waals surface area (Å²) < 4.78 is 2.31. The zero-order chi connectivity index (χ0) is 14.4. The van der Waals surface area contributed by atoms with Gasteiger partial charge in [0.2, 0.25) is 0 Å². The highest BCUT2D eigenvalue weighted by Gasteiger charge is 2.16. The molecule has 1 N–H and O–H groups in total. The Labute approximate surface area is 122 Å². The highest BCUT2D eigenvalue weighted by molar-refractivity contribution is 5.29. The third kappa shape index (κ3) is 3.31. The molecule has 1 heterocycles. The molecule has 2 nitrogen and oxygen atoms in total. The molecule has 2 aromatic rings. The first kappa shape index (κ1) is 14.9. The Bertz CT molecular complexity index is 515. The molecule has 0 aliphatic carbocycles. The maximum atomic E-state index is 10.6. The molecule has 0 spiro atoms. The van der Waals surface area contributed by atoms with E-state index in [1.54, 1.807) is 0 Å². The highest BCUT2D eigenvalue weighted by Crippen LogP contribution is 2.25. The fourth-order valence-electron chi connectivity index (χ4n) is 2.64.